The number of carbonyl (C=O) groups excluding carboxylic acids is 1. The first-order chi connectivity index (χ1) is 9.74. The fourth-order valence-electron chi connectivity index (χ4n) is 2.57. The van der Waals surface area contributed by atoms with Crippen LogP contribution < -0.4 is 10.7 Å². The van der Waals surface area contributed by atoms with Gasteiger partial charge in [0.2, 0.25) is 0 Å². The molecule has 20 heavy (non-hydrogen) atoms. The highest BCUT2D eigenvalue weighted by molar-refractivity contribution is 6.50. The largest absolute Gasteiger partial charge is 0.354 e. The number of para-hydroxylation sites is 1. The summed E-state index contributed by atoms with van der Waals surface area (Å²) in [4.78, 5) is 12.0. The van der Waals surface area contributed by atoms with Crippen LogP contribution in [0.1, 0.15) is 18.4 Å². The Morgan fingerprint density at radius 1 is 1.25 bits per heavy atom. The molecule has 0 aromatic heterocycles. The molecule has 3 aliphatic rings. The van der Waals surface area contributed by atoms with E-state index in [2.05, 4.69) is 15.8 Å². The average molecular weight is 286 g/mol. The number of hydrogen-bond acceptors (Lipinski definition) is 3. The Morgan fingerprint density at radius 2 is 2.05 bits per heavy atom. The van der Waals surface area contributed by atoms with Gasteiger partial charge in [-0.25, -0.2) is 5.43 Å². The first-order valence-corrected chi connectivity index (χ1v) is 6.98. The summed E-state index contributed by atoms with van der Waals surface area (Å²) in [6.45, 7) is 0. The summed E-state index contributed by atoms with van der Waals surface area (Å²) in [5, 5.41) is 8.09. The molecule has 2 aliphatic heterocycles. The number of hydrazone groups is 1. The van der Waals surface area contributed by atoms with Gasteiger partial charge in [0.15, 0.2) is 0 Å². The molecule has 0 spiro atoms. The zero-order valence-corrected chi connectivity index (χ0v) is 11.4. The lowest BCUT2D eigenvalue weighted by Crippen LogP contribution is -2.19. The molecule has 1 amide bonds. The zero-order chi connectivity index (χ0) is 13.7. The zero-order valence-electron chi connectivity index (χ0n) is 10.6. The molecule has 1 aromatic carbocycles. The maximum absolute atomic E-state index is 12.0. The van der Waals surface area contributed by atoms with E-state index in [1.165, 1.54) is 0 Å². The number of rotatable bonds is 1. The lowest BCUT2D eigenvalue weighted by molar-refractivity contribution is -0.116. The van der Waals surface area contributed by atoms with Crippen molar-refractivity contribution in [3.8, 4) is 0 Å². The Morgan fingerprint density at radius 3 is 2.85 bits per heavy atom. The van der Waals surface area contributed by atoms with Crippen molar-refractivity contribution >= 4 is 33.9 Å². The molecule has 2 heterocycles. The lowest BCUT2D eigenvalue weighted by Gasteiger charge is -2.19. The minimum absolute atomic E-state index is 0.158. The number of benzene rings is 1. The van der Waals surface area contributed by atoms with Crippen LogP contribution in [0.4, 0.5) is 5.69 Å². The number of allylic oxidation sites excluding steroid dienone is 1. The van der Waals surface area contributed by atoms with Crippen LogP contribution in [0.15, 0.2) is 46.7 Å². The number of anilines is 1. The van der Waals surface area contributed by atoms with Crippen molar-refractivity contribution in [2.75, 3.05) is 5.32 Å². The van der Waals surface area contributed by atoms with E-state index in [0.29, 0.717) is 16.5 Å². The molecule has 0 saturated heterocycles. The van der Waals surface area contributed by atoms with E-state index in [4.69, 9.17) is 11.6 Å². The first-order valence-electron chi connectivity index (χ1n) is 6.60. The fraction of sp³-hybridized carbons (Fsp3) is 0.200. The second-order valence-corrected chi connectivity index (χ2v) is 5.57. The second kappa shape index (κ2) is 4.21. The predicted molar refractivity (Wildman–Crippen MR) is 79.2 cm³/mol. The molecule has 0 atom stereocenters. The van der Waals surface area contributed by atoms with Crippen LogP contribution in [-0.2, 0) is 4.79 Å². The van der Waals surface area contributed by atoms with Gasteiger partial charge in [-0.1, -0.05) is 29.8 Å². The van der Waals surface area contributed by atoms with E-state index in [1.54, 1.807) is 0 Å². The molecule has 0 bridgehead atoms. The Balaban J connectivity index is 1.84. The standard InChI is InChI=1S/C15H12ClN3O/c16-10-7-12(17-11-4-2-1-3-9(10)11)13-14(8-5-6-8)18-19-15(13)20/h1-4,7-8,17H,5-6H2,(H,19,20). The predicted octanol–water partition coefficient (Wildman–Crippen LogP) is 2.84. The molecule has 100 valence electrons. The van der Waals surface area contributed by atoms with E-state index >= 15 is 0 Å². The summed E-state index contributed by atoms with van der Waals surface area (Å²) in [6, 6.07) is 7.78. The number of halogens is 1. The minimum Gasteiger partial charge on any atom is -0.354 e. The van der Waals surface area contributed by atoms with Crippen molar-refractivity contribution in [3.05, 3.63) is 47.2 Å². The number of nitrogens with one attached hydrogen (secondary N) is 2. The highest BCUT2D eigenvalue weighted by Gasteiger charge is 2.38. The third-order valence-electron chi connectivity index (χ3n) is 3.72. The van der Waals surface area contributed by atoms with Crippen LogP contribution in [-0.4, -0.2) is 11.6 Å². The topological polar surface area (TPSA) is 53.5 Å². The van der Waals surface area contributed by atoms with Gasteiger partial charge in [-0.3, -0.25) is 4.79 Å². The fourth-order valence-corrected chi connectivity index (χ4v) is 2.85. The quantitative estimate of drug-likeness (QED) is 0.780. The number of carbonyl (C=O) groups is 1. The van der Waals surface area contributed by atoms with Gasteiger partial charge < -0.3 is 5.32 Å². The Hall–Kier alpha value is -2.07. The van der Waals surface area contributed by atoms with Crippen LogP contribution in [0, 0.1) is 5.92 Å². The molecule has 4 rings (SSSR count). The Bertz CT molecular complexity index is 714. The summed E-state index contributed by atoms with van der Waals surface area (Å²) in [7, 11) is 0. The molecule has 1 aromatic rings. The maximum atomic E-state index is 12.0. The summed E-state index contributed by atoms with van der Waals surface area (Å²) < 4.78 is 0. The number of nitrogens with zero attached hydrogens (tertiary/aromatic N) is 1. The minimum atomic E-state index is -0.158. The van der Waals surface area contributed by atoms with Crippen molar-refractivity contribution in [2.24, 2.45) is 11.0 Å². The average Bonchev–Trinajstić information content (AvgIpc) is 3.22. The van der Waals surface area contributed by atoms with Gasteiger partial charge in [0.25, 0.3) is 5.91 Å². The van der Waals surface area contributed by atoms with Crippen LogP contribution in [0.2, 0.25) is 0 Å². The molecule has 1 fully saturated rings. The van der Waals surface area contributed by atoms with Gasteiger partial charge in [0, 0.05) is 17.2 Å². The normalized spacial score (nSPS) is 24.6. The molecule has 0 unspecified atom stereocenters. The van der Waals surface area contributed by atoms with E-state index < -0.39 is 0 Å². The van der Waals surface area contributed by atoms with Crippen LogP contribution in [0.3, 0.4) is 0 Å². The third-order valence-corrected chi connectivity index (χ3v) is 4.03. The van der Waals surface area contributed by atoms with Crippen LogP contribution in [0.5, 0.6) is 0 Å². The molecule has 1 saturated carbocycles. The van der Waals surface area contributed by atoms with Crippen molar-refractivity contribution < 1.29 is 4.79 Å². The Kier molecular flexibility index (Phi) is 2.47. The highest BCUT2D eigenvalue weighted by atomic mass is 35.5. The van der Waals surface area contributed by atoms with E-state index in [9.17, 15) is 4.79 Å². The second-order valence-electron chi connectivity index (χ2n) is 5.16. The summed E-state index contributed by atoms with van der Waals surface area (Å²) in [5.74, 6) is 0.247. The molecule has 1 aliphatic carbocycles. The summed E-state index contributed by atoms with van der Waals surface area (Å²) in [6.07, 6.45) is 4.00. The highest BCUT2D eigenvalue weighted by Crippen LogP contribution is 2.38. The Labute approximate surface area is 121 Å². The van der Waals surface area contributed by atoms with Crippen molar-refractivity contribution in [3.63, 3.8) is 0 Å². The van der Waals surface area contributed by atoms with Crippen LogP contribution in [0.25, 0.3) is 5.03 Å². The monoisotopic (exact) mass is 285 g/mol. The maximum Gasteiger partial charge on any atom is 0.275 e. The van der Waals surface area contributed by atoms with Gasteiger partial charge in [-0.2, -0.15) is 5.10 Å². The number of amides is 1. The first kappa shape index (κ1) is 11.7. The van der Waals surface area contributed by atoms with E-state index in [0.717, 1.165) is 35.5 Å². The van der Waals surface area contributed by atoms with E-state index in [1.807, 2.05) is 30.3 Å². The summed E-state index contributed by atoms with van der Waals surface area (Å²) >= 11 is 6.33. The van der Waals surface area contributed by atoms with Gasteiger partial charge in [0.05, 0.1) is 22.0 Å². The van der Waals surface area contributed by atoms with Gasteiger partial charge in [0.1, 0.15) is 0 Å². The molecule has 5 heteroatoms. The van der Waals surface area contributed by atoms with Crippen molar-refractivity contribution in [1.29, 1.82) is 0 Å². The number of fused-ring (bicyclic) bond motifs is 1. The molecular weight excluding hydrogens is 274 g/mol. The molecular formula is C15H12ClN3O. The molecule has 0 radical (unpaired) electrons. The lowest BCUT2D eigenvalue weighted by atomic mass is 10.0. The van der Waals surface area contributed by atoms with Crippen molar-refractivity contribution in [1.82, 2.24) is 5.43 Å². The molecule has 4 nitrogen and oxygen atoms in total. The SMILES string of the molecule is O=C1NN=C(C2CC2)C1=C1C=C(Cl)c2ccccc2N1. The molecule has 2 N–H and O–H groups in total. The number of hydrogen-bond donors (Lipinski definition) is 2. The smallest absolute Gasteiger partial charge is 0.275 e. The van der Waals surface area contributed by atoms with Gasteiger partial charge >= 0.3 is 0 Å². The third kappa shape index (κ3) is 1.76. The van der Waals surface area contributed by atoms with E-state index in [-0.39, 0.29) is 5.91 Å². The van der Waals surface area contributed by atoms with Gasteiger partial charge in [-0.15, -0.1) is 0 Å². The van der Waals surface area contributed by atoms with Crippen molar-refractivity contribution in [2.45, 2.75) is 12.8 Å². The summed E-state index contributed by atoms with van der Waals surface area (Å²) in [5.41, 5.74) is 6.63. The van der Waals surface area contributed by atoms with Gasteiger partial charge in [-0.05, 0) is 25.0 Å². The van der Waals surface area contributed by atoms with Crippen LogP contribution >= 0.6 is 11.6 Å².